The third-order valence-corrected chi connectivity index (χ3v) is 5.30. The number of thioether (sulfide) groups is 1. The number of hydrogen-bond donors (Lipinski definition) is 1. The molecule has 1 N–H and O–H groups in total. The molecule has 4 nitrogen and oxygen atoms in total. The fourth-order valence-electron chi connectivity index (χ4n) is 3.07. The van der Waals surface area contributed by atoms with Crippen molar-refractivity contribution in [3.05, 3.63) is 71.3 Å². The van der Waals surface area contributed by atoms with Gasteiger partial charge < -0.3 is 5.32 Å². The van der Waals surface area contributed by atoms with E-state index < -0.39 is 0 Å². The molecule has 0 atom stereocenters. The largest absolute Gasteiger partial charge is 0.368 e. The molecule has 0 aliphatic heterocycles. The van der Waals surface area contributed by atoms with Crippen molar-refractivity contribution in [2.75, 3.05) is 18.1 Å². The molecular weight excluding hydrogens is 376 g/mol. The van der Waals surface area contributed by atoms with Crippen LogP contribution in [0.4, 0.5) is 5.82 Å². The van der Waals surface area contributed by atoms with E-state index in [1.807, 2.05) is 36.6 Å². The van der Waals surface area contributed by atoms with E-state index in [1.54, 1.807) is 0 Å². The maximum atomic E-state index is 9.85. The van der Waals surface area contributed by atoms with Gasteiger partial charge >= 0.3 is 0 Å². The fourth-order valence-corrected chi connectivity index (χ4v) is 3.44. The zero-order valence-corrected chi connectivity index (χ0v) is 18.2. The molecule has 3 aromatic rings. The molecule has 1 aromatic heterocycles. The van der Waals surface area contributed by atoms with Crippen LogP contribution >= 0.6 is 11.8 Å². The molecule has 0 saturated heterocycles. The number of nitrogens with zero attached hydrogens (tertiary/aromatic N) is 3. The molecule has 2 aromatic carbocycles. The van der Waals surface area contributed by atoms with Gasteiger partial charge in [0.25, 0.3) is 0 Å². The molecule has 0 spiro atoms. The van der Waals surface area contributed by atoms with E-state index in [-0.39, 0.29) is 5.41 Å². The van der Waals surface area contributed by atoms with Crippen LogP contribution in [0.25, 0.3) is 11.3 Å². The Kier molecular flexibility index (Phi) is 6.56. The van der Waals surface area contributed by atoms with Crippen LogP contribution in [0.15, 0.2) is 59.8 Å². The van der Waals surface area contributed by atoms with Crippen LogP contribution in [0.2, 0.25) is 0 Å². The summed E-state index contributed by atoms with van der Waals surface area (Å²) in [6, 6.07) is 20.9. The van der Waals surface area contributed by atoms with Crippen molar-refractivity contribution in [2.24, 2.45) is 0 Å². The molecule has 0 amide bonds. The smallest absolute Gasteiger partial charge is 0.189 e. The molecule has 5 heteroatoms. The van der Waals surface area contributed by atoms with Crippen molar-refractivity contribution in [2.45, 2.75) is 37.8 Å². The average Bonchev–Trinajstić information content (AvgIpc) is 2.73. The highest BCUT2D eigenvalue weighted by molar-refractivity contribution is 7.98. The van der Waals surface area contributed by atoms with Gasteiger partial charge in [0, 0.05) is 12.1 Å². The Bertz CT molecular complexity index is 1000. The third-order valence-electron chi connectivity index (χ3n) is 4.76. The quantitative estimate of drug-likeness (QED) is 0.424. The fraction of sp³-hybridized carbons (Fsp3) is 0.292. The number of nitrogens with one attached hydrogen (secondary N) is 1. The first-order chi connectivity index (χ1) is 13.9. The predicted molar refractivity (Wildman–Crippen MR) is 121 cm³/mol. The lowest BCUT2D eigenvalue weighted by Gasteiger charge is -2.19. The van der Waals surface area contributed by atoms with Crippen LogP contribution in [0.3, 0.4) is 0 Å². The van der Waals surface area contributed by atoms with Crippen LogP contribution in [-0.4, -0.2) is 22.8 Å². The van der Waals surface area contributed by atoms with Crippen LogP contribution < -0.4 is 5.32 Å². The van der Waals surface area contributed by atoms with E-state index in [0.717, 1.165) is 12.0 Å². The SMILES string of the molecule is CSc1nc(NCCc2ccccc2)c(C#N)c(-c2ccc(C(C)(C)C)cc2)n1. The number of nitriles is 1. The van der Waals surface area contributed by atoms with Crippen LogP contribution in [0, 0.1) is 11.3 Å². The molecule has 0 radical (unpaired) electrons. The van der Waals surface area contributed by atoms with Crippen LogP contribution in [0.5, 0.6) is 0 Å². The van der Waals surface area contributed by atoms with E-state index >= 15 is 0 Å². The summed E-state index contributed by atoms with van der Waals surface area (Å²) in [5, 5.41) is 13.8. The molecule has 1 heterocycles. The van der Waals surface area contributed by atoms with Gasteiger partial charge in [0.1, 0.15) is 17.5 Å². The lowest BCUT2D eigenvalue weighted by molar-refractivity contribution is 0.590. The van der Waals surface area contributed by atoms with E-state index in [4.69, 9.17) is 0 Å². The molecule has 0 saturated carbocycles. The van der Waals surface area contributed by atoms with Gasteiger partial charge in [0.05, 0.1) is 5.69 Å². The molecule has 0 unspecified atom stereocenters. The van der Waals surface area contributed by atoms with Crippen molar-refractivity contribution in [1.82, 2.24) is 9.97 Å². The maximum Gasteiger partial charge on any atom is 0.189 e. The van der Waals surface area contributed by atoms with Gasteiger partial charge in [-0.2, -0.15) is 5.26 Å². The molecule has 0 aliphatic carbocycles. The summed E-state index contributed by atoms with van der Waals surface area (Å²) in [6.07, 6.45) is 2.81. The summed E-state index contributed by atoms with van der Waals surface area (Å²) in [4.78, 5) is 9.19. The first kappa shape index (κ1) is 20.9. The van der Waals surface area contributed by atoms with Gasteiger partial charge in [-0.15, -0.1) is 0 Å². The second-order valence-electron chi connectivity index (χ2n) is 7.88. The summed E-state index contributed by atoms with van der Waals surface area (Å²) < 4.78 is 0. The highest BCUT2D eigenvalue weighted by Crippen LogP contribution is 2.30. The number of anilines is 1. The maximum absolute atomic E-state index is 9.85. The molecule has 148 valence electrons. The minimum Gasteiger partial charge on any atom is -0.368 e. The van der Waals surface area contributed by atoms with Gasteiger partial charge in [-0.05, 0) is 29.2 Å². The number of aromatic nitrogens is 2. The van der Waals surface area contributed by atoms with Crippen LogP contribution in [0.1, 0.15) is 37.5 Å². The number of hydrogen-bond acceptors (Lipinski definition) is 5. The topological polar surface area (TPSA) is 61.6 Å². The van der Waals surface area contributed by atoms with E-state index in [9.17, 15) is 5.26 Å². The highest BCUT2D eigenvalue weighted by atomic mass is 32.2. The zero-order chi connectivity index (χ0) is 20.9. The average molecular weight is 403 g/mol. The van der Waals surface area contributed by atoms with Gasteiger partial charge in [-0.25, -0.2) is 9.97 Å². The summed E-state index contributed by atoms with van der Waals surface area (Å²) in [6.45, 7) is 7.27. The molecule has 3 rings (SSSR count). The molecule has 0 fully saturated rings. The van der Waals surface area contributed by atoms with Gasteiger partial charge in [-0.3, -0.25) is 0 Å². The zero-order valence-electron chi connectivity index (χ0n) is 17.4. The summed E-state index contributed by atoms with van der Waals surface area (Å²) in [5.41, 5.74) is 4.67. The molecule has 0 bridgehead atoms. The molecular formula is C24H26N4S. The molecule has 0 aliphatic rings. The van der Waals surface area contributed by atoms with Crippen molar-refractivity contribution >= 4 is 17.6 Å². The van der Waals surface area contributed by atoms with E-state index in [1.165, 1.54) is 22.9 Å². The second kappa shape index (κ2) is 9.11. The normalized spacial score (nSPS) is 11.1. The standard InChI is InChI=1S/C24H26N4S/c1-24(2,3)19-12-10-18(11-13-19)21-20(16-25)22(28-23(27-21)29-4)26-15-14-17-8-6-5-7-9-17/h5-13H,14-15H2,1-4H3,(H,26,27,28). The minimum absolute atomic E-state index is 0.0802. The van der Waals surface area contributed by atoms with Gasteiger partial charge in [-0.1, -0.05) is 87.1 Å². The Labute approximate surface area is 177 Å². The Morgan fingerprint density at radius 1 is 1.00 bits per heavy atom. The summed E-state index contributed by atoms with van der Waals surface area (Å²) >= 11 is 1.48. The Balaban J connectivity index is 1.91. The lowest BCUT2D eigenvalue weighted by atomic mass is 9.86. The van der Waals surface area contributed by atoms with Crippen molar-refractivity contribution in [3.8, 4) is 17.3 Å². The first-order valence-electron chi connectivity index (χ1n) is 9.67. The van der Waals surface area contributed by atoms with E-state index in [2.05, 4.69) is 66.4 Å². The first-order valence-corrected chi connectivity index (χ1v) is 10.9. The van der Waals surface area contributed by atoms with E-state index in [0.29, 0.717) is 28.8 Å². The summed E-state index contributed by atoms with van der Waals surface area (Å²) in [5.74, 6) is 0.595. The highest BCUT2D eigenvalue weighted by Gasteiger charge is 2.18. The number of rotatable bonds is 6. The molecule has 29 heavy (non-hydrogen) atoms. The van der Waals surface area contributed by atoms with Gasteiger partial charge in [0.15, 0.2) is 5.16 Å². The second-order valence-corrected chi connectivity index (χ2v) is 8.66. The van der Waals surface area contributed by atoms with Gasteiger partial charge in [0.2, 0.25) is 0 Å². The van der Waals surface area contributed by atoms with Crippen molar-refractivity contribution in [3.63, 3.8) is 0 Å². The van der Waals surface area contributed by atoms with Crippen LogP contribution in [-0.2, 0) is 11.8 Å². The van der Waals surface area contributed by atoms with Crippen molar-refractivity contribution in [1.29, 1.82) is 5.26 Å². The monoisotopic (exact) mass is 402 g/mol. The minimum atomic E-state index is 0.0802. The third kappa shape index (κ3) is 5.16. The lowest BCUT2D eigenvalue weighted by Crippen LogP contribution is -2.11. The van der Waals surface area contributed by atoms with Crippen molar-refractivity contribution < 1.29 is 0 Å². The summed E-state index contributed by atoms with van der Waals surface area (Å²) in [7, 11) is 0. The Morgan fingerprint density at radius 2 is 1.69 bits per heavy atom. The Hall–Kier alpha value is -2.84. The Morgan fingerprint density at radius 3 is 2.28 bits per heavy atom. The number of benzene rings is 2. The predicted octanol–water partition coefficient (Wildman–Crippen LogP) is 5.69.